The lowest BCUT2D eigenvalue weighted by molar-refractivity contribution is -0.117. The molecule has 2 N–H and O–H groups in total. The summed E-state index contributed by atoms with van der Waals surface area (Å²) in [5.41, 5.74) is 3.33. The maximum atomic E-state index is 12.2. The van der Waals surface area contributed by atoms with E-state index in [0.29, 0.717) is 12.5 Å². The Morgan fingerprint density at radius 1 is 1.44 bits per heavy atom. The second-order valence-corrected chi connectivity index (χ2v) is 5.03. The highest BCUT2D eigenvalue weighted by Gasteiger charge is 2.33. The lowest BCUT2D eigenvalue weighted by Gasteiger charge is -2.32. The van der Waals surface area contributed by atoms with E-state index in [9.17, 15) is 4.79 Å². The number of anilines is 2. The van der Waals surface area contributed by atoms with Gasteiger partial charge in [-0.15, -0.1) is 0 Å². The Morgan fingerprint density at radius 2 is 2.33 bits per heavy atom. The van der Waals surface area contributed by atoms with Crippen LogP contribution in [0.3, 0.4) is 0 Å². The minimum atomic E-state index is 0.243. The molecular weight excluding hydrogens is 226 g/mol. The van der Waals surface area contributed by atoms with Gasteiger partial charge in [-0.1, -0.05) is 0 Å². The van der Waals surface area contributed by atoms with E-state index in [4.69, 9.17) is 0 Å². The number of piperidine rings is 1. The molecule has 1 aromatic rings. The van der Waals surface area contributed by atoms with Gasteiger partial charge in [-0.05, 0) is 43.1 Å². The van der Waals surface area contributed by atoms with Crippen molar-refractivity contribution >= 4 is 17.3 Å². The van der Waals surface area contributed by atoms with E-state index in [1.165, 1.54) is 0 Å². The van der Waals surface area contributed by atoms with Crippen LogP contribution in [0.1, 0.15) is 18.4 Å². The van der Waals surface area contributed by atoms with Crippen molar-refractivity contribution in [1.29, 1.82) is 0 Å². The van der Waals surface area contributed by atoms with E-state index >= 15 is 0 Å². The van der Waals surface area contributed by atoms with Gasteiger partial charge in [0.05, 0.1) is 6.42 Å². The summed E-state index contributed by atoms with van der Waals surface area (Å²) in [6.45, 7) is 1.99. The molecule has 1 atom stereocenters. The highest BCUT2D eigenvalue weighted by Crippen LogP contribution is 2.33. The van der Waals surface area contributed by atoms with Crippen molar-refractivity contribution in [3.8, 4) is 0 Å². The monoisotopic (exact) mass is 245 g/mol. The SMILES string of the molecule is CNc1ccc2c(c1)CC(=O)N2C1CCCNC1. The number of carbonyl (C=O) groups excluding carboxylic acids is 1. The second kappa shape index (κ2) is 4.61. The van der Waals surface area contributed by atoms with Gasteiger partial charge in [-0.25, -0.2) is 0 Å². The molecule has 0 aliphatic carbocycles. The highest BCUT2D eigenvalue weighted by atomic mass is 16.2. The number of fused-ring (bicyclic) bond motifs is 1. The first kappa shape index (κ1) is 11.5. The minimum Gasteiger partial charge on any atom is -0.388 e. The molecule has 2 heterocycles. The fraction of sp³-hybridized carbons (Fsp3) is 0.500. The Hall–Kier alpha value is -1.55. The van der Waals surface area contributed by atoms with Crippen LogP contribution in [0.25, 0.3) is 0 Å². The zero-order valence-corrected chi connectivity index (χ0v) is 10.7. The predicted molar refractivity (Wildman–Crippen MR) is 73.1 cm³/mol. The van der Waals surface area contributed by atoms with Crippen molar-refractivity contribution in [2.75, 3.05) is 30.4 Å². The van der Waals surface area contributed by atoms with E-state index in [1.807, 2.05) is 18.0 Å². The van der Waals surface area contributed by atoms with E-state index < -0.39 is 0 Å². The molecule has 2 aliphatic rings. The van der Waals surface area contributed by atoms with Gasteiger partial charge in [-0.2, -0.15) is 0 Å². The number of nitrogens with one attached hydrogen (secondary N) is 2. The molecule has 0 aromatic heterocycles. The van der Waals surface area contributed by atoms with Crippen LogP contribution in [-0.2, 0) is 11.2 Å². The quantitative estimate of drug-likeness (QED) is 0.827. The minimum absolute atomic E-state index is 0.243. The summed E-state index contributed by atoms with van der Waals surface area (Å²) in [7, 11) is 1.90. The van der Waals surface area contributed by atoms with E-state index in [-0.39, 0.29) is 5.91 Å². The number of rotatable bonds is 2. The Kier molecular flexibility index (Phi) is 2.96. The molecule has 0 bridgehead atoms. The number of nitrogens with zero attached hydrogens (tertiary/aromatic N) is 1. The average molecular weight is 245 g/mol. The molecule has 18 heavy (non-hydrogen) atoms. The third-order valence-electron chi connectivity index (χ3n) is 3.87. The summed E-state index contributed by atoms with van der Waals surface area (Å²) < 4.78 is 0. The Morgan fingerprint density at radius 3 is 3.06 bits per heavy atom. The maximum Gasteiger partial charge on any atom is 0.231 e. The van der Waals surface area contributed by atoms with Crippen LogP contribution >= 0.6 is 0 Å². The van der Waals surface area contributed by atoms with Crippen LogP contribution in [-0.4, -0.2) is 32.1 Å². The molecule has 3 rings (SSSR count). The van der Waals surface area contributed by atoms with E-state index in [1.54, 1.807) is 0 Å². The number of hydrogen-bond acceptors (Lipinski definition) is 3. The Balaban J connectivity index is 1.91. The van der Waals surface area contributed by atoms with Crippen molar-refractivity contribution in [3.05, 3.63) is 23.8 Å². The van der Waals surface area contributed by atoms with Gasteiger partial charge in [0.2, 0.25) is 5.91 Å². The normalized spacial score (nSPS) is 23.1. The molecule has 0 saturated carbocycles. The van der Waals surface area contributed by atoms with Crippen LogP contribution in [0.4, 0.5) is 11.4 Å². The zero-order chi connectivity index (χ0) is 12.5. The molecule has 1 aromatic carbocycles. The predicted octanol–water partition coefficient (Wildman–Crippen LogP) is 1.37. The first-order chi connectivity index (χ1) is 8.79. The fourth-order valence-corrected chi connectivity index (χ4v) is 2.95. The zero-order valence-electron chi connectivity index (χ0n) is 10.7. The molecular formula is C14H19N3O. The summed E-state index contributed by atoms with van der Waals surface area (Å²) in [6, 6.07) is 6.53. The summed E-state index contributed by atoms with van der Waals surface area (Å²) in [5.74, 6) is 0.243. The summed E-state index contributed by atoms with van der Waals surface area (Å²) in [4.78, 5) is 14.2. The molecule has 1 saturated heterocycles. The molecule has 1 unspecified atom stereocenters. The molecule has 0 spiro atoms. The van der Waals surface area contributed by atoms with Crippen molar-refractivity contribution in [1.82, 2.24) is 5.32 Å². The smallest absolute Gasteiger partial charge is 0.231 e. The largest absolute Gasteiger partial charge is 0.388 e. The van der Waals surface area contributed by atoms with Crippen molar-refractivity contribution in [2.24, 2.45) is 0 Å². The second-order valence-electron chi connectivity index (χ2n) is 5.03. The van der Waals surface area contributed by atoms with Gasteiger partial charge in [0.1, 0.15) is 0 Å². The Labute approximate surface area is 107 Å². The topological polar surface area (TPSA) is 44.4 Å². The third kappa shape index (κ3) is 1.86. The molecule has 4 nitrogen and oxygen atoms in total. The molecule has 0 radical (unpaired) electrons. The summed E-state index contributed by atoms with van der Waals surface area (Å²) in [6.07, 6.45) is 2.80. The first-order valence-corrected chi connectivity index (χ1v) is 6.63. The molecule has 1 fully saturated rings. The maximum absolute atomic E-state index is 12.2. The number of hydrogen-bond donors (Lipinski definition) is 2. The molecule has 96 valence electrons. The van der Waals surface area contributed by atoms with Gasteiger partial charge in [0, 0.05) is 31.0 Å². The highest BCUT2D eigenvalue weighted by molar-refractivity contribution is 6.02. The van der Waals surface area contributed by atoms with Gasteiger partial charge in [0.15, 0.2) is 0 Å². The number of benzene rings is 1. The van der Waals surface area contributed by atoms with Crippen molar-refractivity contribution in [2.45, 2.75) is 25.3 Å². The molecule has 1 amide bonds. The van der Waals surface area contributed by atoms with Crippen molar-refractivity contribution in [3.63, 3.8) is 0 Å². The summed E-state index contributed by atoms with van der Waals surface area (Å²) >= 11 is 0. The van der Waals surface area contributed by atoms with Crippen LogP contribution in [0.2, 0.25) is 0 Å². The summed E-state index contributed by atoms with van der Waals surface area (Å²) in [5, 5.41) is 6.50. The van der Waals surface area contributed by atoms with Gasteiger partial charge in [-0.3, -0.25) is 4.79 Å². The standard InChI is InChI=1S/C14H19N3O/c1-15-11-4-5-13-10(7-11)8-14(18)17(13)12-3-2-6-16-9-12/h4-5,7,12,15-16H,2-3,6,8-9H2,1H3. The number of carbonyl (C=O) groups is 1. The van der Waals surface area contributed by atoms with Gasteiger partial charge < -0.3 is 15.5 Å². The first-order valence-electron chi connectivity index (χ1n) is 6.63. The average Bonchev–Trinajstić information content (AvgIpc) is 2.74. The van der Waals surface area contributed by atoms with Crippen LogP contribution in [0, 0.1) is 0 Å². The van der Waals surface area contributed by atoms with E-state index in [0.717, 1.165) is 42.9 Å². The molecule has 2 aliphatic heterocycles. The number of amides is 1. The van der Waals surface area contributed by atoms with Gasteiger partial charge >= 0.3 is 0 Å². The lowest BCUT2D eigenvalue weighted by atomic mass is 10.1. The van der Waals surface area contributed by atoms with Crippen LogP contribution in [0.15, 0.2) is 18.2 Å². The van der Waals surface area contributed by atoms with Crippen molar-refractivity contribution < 1.29 is 4.79 Å². The van der Waals surface area contributed by atoms with Gasteiger partial charge in [0.25, 0.3) is 0 Å². The van der Waals surface area contributed by atoms with Crippen LogP contribution in [0.5, 0.6) is 0 Å². The Bertz CT molecular complexity index is 466. The fourth-order valence-electron chi connectivity index (χ4n) is 2.95. The van der Waals surface area contributed by atoms with E-state index in [2.05, 4.69) is 22.8 Å². The lowest BCUT2D eigenvalue weighted by Crippen LogP contribution is -2.47. The third-order valence-corrected chi connectivity index (χ3v) is 3.87. The van der Waals surface area contributed by atoms with Crippen LogP contribution < -0.4 is 15.5 Å². The molecule has 4 heteroatoms.